The lowest BCUT2D eigenvalue weighted by Crippen LogP contribution is -2.60. The van der Waals surface area contributed by atoms with Gasteiger partial charge in [0.15, 0.2) is 6.29 Å². The summed E-state index contributed by atoms with van der Waals surface area (Å²) in [6.45, 7) is 2.99. The number of aliphatic hydroxyl groups excluding tert-OH is 6. The normalized spacial score (nSPS) is 38.7. The average molecular weight is 449 g/mol. The maximum absolute atomic E-state index is 10.6. The number of hydrogen-bond acceptors (Lipinski definition) is 10. The van der Waals surface area contributed by atoms with Crippen LogP contribution in [0, 0.1) is 0 Å². The van der Waals surface area contributed by atoms with Gasteiger partial charge >= 0.3 is 0 Å². The Bertz CT molecular complexity index is 605. The molecule has 9 unspecified atom stereocenters. The lowest BCUT2D eigenvalue weighted by molar-refractivity contribution is -0.318. The molecule has 2 aliphatic heterocycles. The Morgan fingerprint density at radius 1 is 0.800 bits per heavy atom. The fourth-order valence-corrected chi connectivity index (χ4v) is 4.28. The first-order valence-corrected chi connectivity index (χ1v) is 11.0. The largest absolute Gasteiger partial charge is 0.394 e. The first-order valence-electron chi connectivity index (χ1n) is 10.0. The van der Waals surface area contributed by atoms with E-state index in [1.807, 2.05) is 44.2 Å². The molecule has 0 saturated carbocycles. The number of rotatable bonds is 7. The molecule has 0 radical (unpaired) electrons. The topological polar surface area (TPSA) is 149 Å². The maximum atomic E-state index is 10.6. The van der Waals surface area contributed by atoms with Crippen molar-refractivity contribution in [2.75, 3.05) is 19.0 Å². The molecule has 2 aliphatic rings. The van der Waals surface area contributed by atoms with Gasteiger partial charge < -0.3 is 44.8 Å². The van der Waals surface area contributed by atoms with Crippen molar-refractivity contribution in [2.24, 2.45) is 0 Å². The van der Waals surface area contributed by atoms with Crippen LogP contribution >= 0.6 is 11.8 Å². The number of ether oxygens (including phenoxy) is 3. The monoisotopic (exact) mass is 448 g/mol. The van der Waals surface area contributed by atoms with E-state index in [0.29, 0.717) is 5.75 Å². The molecule has 0 bridgehead atoms. The van der Waals surface area contributed by atoms with Gasteiger partial charge in [-0.15, -0.1) is 11.8 Å². The summed E-state index contributed by atoms with van der Waals surface area (Å²) in [7, 11) is 0. The molecule has 9 atom stereocenters. The van der Waals surface area contributed by atoms with Gasteiger partial charge in [-0.1, -0.05) is 32.0 Å². The molecular formula is C20H32O9S. The van der Waals surface area contributed by atoms with Gasteiger partial charge in [0.1, 0.15) is 42.7 Å². The van der Waals surface area contributed by atoms with Crippen LogP contribution in [-0.2, 0) is 14.2 Å². The quantitative estimate of drug-likeness (QED) is 0.290. The smallest absolute Gasteiger partial charge is 0.187 e. The second-order valence-corrected chi connectivity index (χ2v) is 7.90. The Morgan fingerprint density at radius 2 is 1.43 bits per heavy atom. The van der Waals surface area contributed by atoms with Gasteiger partial charge in [0.2, 0.25) is 0 Å². The van der Waals surface area contributed by atoms with Crippen LogP contribution in [-0.4, -0.2) is 105 Å². The Balaban J connectivity index is 0.00000155. The molecule has 30 heavy (non-hydrogen) atoms. The minimum atomic E-state index is -1.60. The summed E-state index contributed by atoms with van der Waals surface area (Å²) in [6, 6.07) is 9.55. The van der Waals surface area contributed by atoms with Gasteiger partial charge in [0, 0.05) is 10.6 Å². The second kappa shape index (κ2) is 12.3. The Labute approximate surface area is 180 Å². The lowest BCUT2D eigenvalue weighted by atomic mass is 9.99. The van der Waals surface area contributed by atoms with Gasteiger partial charge in [-0.25, -0.2) is 0 Å². The van der Waals surface area contributed by atoms with Crippen LogP contribution in [0.15, 0.2) is 35.2 Å². The van der Waals surface area contributed by atoms with Crippen LogP contribution in [0.4, 0.5) is 0 Å². The maximum Gasteiger partial charge on any atom is 0.187 e. The molecule has 2 fully saturated rings. The third-order valence-corrected chi connectivity index (χ3v) is 6.01. The van der Waals surface area contributed by atoms with Crippen LogP contribution in [0.1, 0.15) is 13.8 Å². The highest BCUT2D eigenvalue weighted by Crippen LogP contribution is 2.32. The van der Waals surface area contributed by atoms with Crippen molar-refractivity contribution >= 4 is 11.8 Å². The molecule has 6 N–H and O–H groups in total. The van der Waals surface area contributed by atoms with E-state index in [1.54, 1.807) is 0 Å². The minimum absolute atomic E-state index is 0.413. The third-order valence-electron chi connectivity index (χ3n) is 4.91. The molecule has 2 saturated heterocycles. The summed E-state index contributed by atoms with van der Waals surface area (Å²) in [5.74, 6) is 0.413. The zero-order valence-electron chi connectivity index (χ0n) is 17.0. The first-order chi connectivity index (χ1) is 14.5. The molecule has 10 heteroatoms. The van der Waals surface area contributed by atoms with Crippen molar-refractivity contribution in [2.45, 2.75) is 73.9 Å². The summed E-state index contributed by atoms with van der Waals surface area (Å²) in [5, 5.41) is 59.3. The van der Waals surface area contributed by atoms with Crippen molar-refractivity contribution in [1.29, 1.82) is 0 Å². The standard InChI is InChI=1S/C18H26O9S.C2H6/c19-6-10-13(21)15(23)16(24)18(26-10)27-17-11(7-20)25-12(14(17)22)8-28-9-4-2-1-3-5-9;1-2/h1-5,10-24H,6-8H2;1-2H3. The summed E-state index contributed by atoms with van der Waals surface area (Å²) in [4.78, 5) is 0.997. The van der Waals surface area contributed by atoms with Crippen molar-refractivity contribution in [3.05, 3.63) is 30.3 Å². The predicted molar refractivity (Wildman–Crippen MR) is 109 cm³/mol. The van der Waals surface area contributed by atoms with Crippen LogP contribution in [0.5, 0.6) is 0 Å². The van der Waals surface area contributed by atoms with Crippen LogP contribution in [0.3, 0.4) is 0 Å². The van der Waals surface area contributed by atoms with Crippen LogP contribution in [0.2, 0.25) is 0 Å². The molecule has 2 heterocycles. The third kappa shape index (κ3) is 5.92. The van der Waals surface area contributed by atoms with E-state index in [4.69, 9.17) is 14.2 Å². The van der Waals surface area contributed by atoms with Crippen molar-refractivity contribution in [3.8, 4) is 0 Å². The van der Waals surface area contributed by atoms with E-state index in [9.17, 15) is 30.6 Å². The van der Waals surface area contributed by atoms with E-state index in [1.165, 1.54) is 11.8 Å². The van der Waals surface area contributed by atoms with Gasteiger partial charge in [-0.2, -0.15) is 0 Å². The van der Waals surface area contributed by atoms with Crippen molar-refractivity contribution < 1.29 is 44.8 Å². The van der Waals surface area contributed by atoms with Crippen LogP contribution in [0.25, 0.3) is 0 Å². The molecule has 172 valence electrons. The minimum Gasteiger partial charge on any atom is -0.394 e. The molecule has 1 aromatic rings. The summed E-state index contributed by atoms with van der Waals surface area (Å²) in [6.07, 6.45) is -10.8. The van der Waals surface area contributed by atoms with E-state index < -0.39 is 68.3 Å². The van der Waals surface area contributed by atoms with Gasteiger partial charge in [0.05, 0.1) is 19.3 Å². The van der Waals surface area contributed by atoms with E-state index in [-0.39, 0.29) is 0 Å². The zero-order valence-corrected chi connectivity index (χ0v) is 17.8. The highest BCUT2D eigenvalue weighted by molar-refractivity contribution is 7.99. The molecule has 3 rings (SSSR count). The number of thioether (sulfide) groups is 1. The highest BCUT2D eigenvalue weighted by Gasteiger charge is 2.50. The fourth-order valence-electron chi connectivity index (χ4n) is 3.30. The Kier molecular flexibility index (Phi) is 10.4. The first kappa shape index (κ1) is 25.5. The fraction of sp³-hybridized carbons (Fsp3) is 0.700. The average Bonchev–Trinajstić information content (AvgIpc) is 3.09. The number of benzene rings is 1. The van der Waals surface area contributed by atoms with Gasteiger partial charge in [-0.3, -0.25) is 0 Å². The predicted octanol–water partition coefficient (Wildman–Crippen LogP) is -0.889. The SMILES string of the molecule is CC.OCC1OC(OC2C(CO)OC(CSc3ccccc3)C2O)C(O)C(O)C1O. The van der Waals surface area contributed by atoms with Gasteiger partial charge in [-0.05, 0) is 12.1 Å². The highest BCUT2D eigenvalue weighted by atomic mass is 32.2. The zero-order chi connectivity index (χ0) is 22.3. The summed E-state index contributed by atoms with van der Waals surface area (Å²) >= 11 is 1.48. The molecule has 0 aromatic heterocycles. The van der Waals surface area contributed by atoms with Crippen molar-refractivity contribution in [1.82, 2.24) is 0 Å². The lowest BCUT2D eigenvalue weighted by Gasteiger charge is -2.41. The molecular weight excluding hydrogens is 416 g/mol. The van der Waals surface area contributed by atoms with Crippen LogP contribution < -0.4 is 0 Å². The number of hydrogen-bond donors (Lipinski definition) is 6. The molecule has 0 spiro atoms. The van der Waals surface area contributed by atoms with E-state index >= 15 is 0 Å². The molecule has 0 amide bonds. The van der Waals surface area contributed by atoms with E-state index in [0.717, 1.165) is 4.90 Å². The molecule has 0 aliphatic carbocycles. The summed E-state index contributed by atoms with van der Waals surface area (Å²) in [5.41, 5.74) is 0. The van der Waals surface area contributed by atoms with E-state index in [2.05, 4.69) is 0 Å². The van der Waals surface area contributed by atoms with Gasteiger partial charge in [0.25, 0.3) is 0 Å². The molecule has 1 aromatic carbocycles. The Morgan fingerprint density at radius 3 is 2.03 bits per heavy atom. The number of aliphatic hydroxyl groups is 6. The summed E-state index contributed by atoms with van der Waals surface area (Å²) < 4.78 is 16.6. The molecule has 9 nitrogen and oxygen atoms in total. The second-order valence-electron chi connectivity index (χ2n) is 6.81. The van der Waals surface area contributed by atoms with Crippen molar-refractivity contribution in [3.63, 3.8) is 0 Å². The Hall–Kier alpha value is -0.790.